The summed E-state index contributed by atoms with van der Waals surface area (Å²) >= 11 is 7.14. The smallest absolute Gasteiger partial charge is 0.416 e. The van der Waals surface area contributed by atoms with Crippen LogP contribution in [0.2, 0.25) is 5.02 Å². The van der Waals surface area contributed by atoms with E-state index in [4.69, 9.17) is 21.1 Å². The highest BCUT2D eigenvalue weighted by molar-refractivity contribution is 7.99. The third-order valence-corrected chi connectivity index (χ3v) is 4.61. The lowest BCUT2D eigenvalue weighted by molar-refractivity contribution is -0.137. The fourth-order valence-electron chi connectivity index (χ4n) is 2.04. The predicted molar refractivity (Wildman–Crippen MR) is 101 cm³/mol. The van der Waals surface area contributed by atoms with Gasteiger partial charge in [0.05, 0.1) is 35.7 Å². The summed E-state index contributed by atoms with van der Waals surface area (Å²) in [6, 6.07) is 9.87. The van der Waals surface area contributed by atoms with E-state index in [1.54, 1.807) is 31.4 Å². The molecule has 1 N–H and O–H groups in total. The first kappa shape index (κ1) is 21.2. The van der Waals surface area contributed by atoms with E-state index in [9.17, 15) is 18.0 Å². The van der Waals surface area contributed by atoms with Gasteiger partial charge < -0.3 is 14.8 Å². The Morgan fingerprint density at radius 3 is 2.44 bits per heavy atom. The van der Waals surface area contributed by atoms with Gasteiger partial charge in [-0.25, -0.2) is 0 Å². The third kappa shape index (κ3) is 6.88. The summed E-state index contributed by atoms with van der Waals surface area (Å²) < 4.78 is 48.7. The van der Waals surface area contributed by atoms with Crippen LogP contribution in [0, 0.1) is 0 Å². The summed E-state index contributed by atoms with van der Waals surface area (Å²) in [5.74, 6) is 1.57. The number of ether oxygens (including phenoxy) is 2. The van der Waals surface area contributed by atoms with Gasteiger partial charge in [0.25, 0.3) is 0 Å². The quantitative estimate of drug-likeness (QED) is 0.603. The molecule has 0 radical (unpaired) electrons. The largest absolute Gasteiger partial charge is 0.497 e. The maximum Gasteiger partial charge on any atom is 0.416 e. The summed E-state index contributed by atoms with van der Waals surface area (Å²) in [5.41, 5.74) is -0.936. The van der Waals surface area contributed by atoms with Gasteiger partial charge in [0, 0.05) is 5.75 Å². The molecule has 4 nitrogen and oxygen atoms in total. The molecule has 0 fully saturated rings. The molecule has 0 spiro atoms. The fourth-order valence-corrected chi connectivity index (χ4v) is 2.81. The van der Waals surface area contributed by atoms with Gasteiger partial charge in [-0.3, -0.25) is 4.79 Å². The van der Waals surface area contributed by atoms with Gasteiger partial charge in [-0.15, -0.1) is 11.8 Å². The topological polar surface area (TPSA) is 47.6 Å². The number of carbonyl (C=O) groups is 1. The molecule has 0 atom stereocenters. The number of thioether (sulfide) groups is 1. The van der Waals surface area contributed by atoms with E-state index in [0.29, 0.717) is 18.1 Å². The van der Waals surface area contributed by atoms with Gasteiger partial charge in [0.2, 0.25) is 5.91 Å². The van der Waals surface area contributed by atoms with Gasteiger partial charge in [0.15, 0.2) is 0 Å². The molecule has 0 saturated carbocycles. The number of nitrogens with one attached hydrogen (secondary N) is 1. The number of carbonyl (C=O) groups excluding carboxylic acids is 1. The van der Waals surface area contributed by atoms with Gasteiger partial charge >= 0.3 is 6.18 Å². The van der Waals surface area contributed by atoms with Crippen molar-refractivity contribution >= 4 is 35.0 Å². The minimum atomic E-state index is -4.50. The van der Waals surface area contributed by atoms with Crippen molar-refractivity contribution < 1.29 is 27.4 Å². The average Bonchev–Trinajstić information content (AvgIpc) is 2.63. The first-order chi connectivity index (χ1) is 12.8. The standard InChI is InChI=1S/C18H17ClF3NO3S/c1-25-13-3-5-14(6-4-13)26-8-9-27-11-17(24)23-16-10-12(18(20,21)22)2-7-15(16)19/h2-7,10H,8-9,11H2,1H3,(H,23,24). The highest BCUT2D eigenvalue weighted by Gasteiger charge is 2.31. The monoisotopic (exact) mass is 419 g/mol. The zero-order chi connectivity index (χ0) is 19.9. The summed E-state index contributed by atoms with van der Waals surface area (Å²) in [6.07, 6.45) is -4.50. The van der Waals surface area contributed by atoms with Crippen LogP contribution in [0.4, 0.5) is 18.9 Å². The number of benzene rings is 2. The van der Waals surface area contributed by atoms with Crippen LogP contribution in [0.5, 0.6) is 11.5 Å². The van der Waals surface area contributed by atoms with Crippen molar-refractivity contribution in [1.82, 2.24) is 0 Å². The lowest BCUT2D eigenvalue weighted by Crippen LogP contribution is -2.16. The second-order valence-corrected chi connectivity index (χ2v) is 6.83. The lowest BCUT2D eigenvalue weighted by Gasteiger charge is -2.11. The minimum Gasteiger partial charge on any atom is -0.497 e. The number of alkyl halides is 3. The molecule has 1 amide bonds. The van der Waals surface area contributed by atoms with E-state index in [2.05, 4.69) is 5.32 Å². The Balaban J connectivity index is 1.74. The van der Waals surface area contributed by atoms with Crippen LogP contribution in [0.3, 0.4) is 0 Å². The zero-order valence-corrected chi connectivity index (χ0v) is 15.9. The molecule has 0 aliphatic rings. The number of anilines is 1. The van der Waals surface area contributed by atoms with Crippen molar-refractivity contribution in [3.63, 3.8) is 0 Å². The molecule has 2 aromatic carbocycles. The molecule has 2 rings (SSSR count). The van der Waals surface area contributed by atoms with Crippen LogP contribution in [-0.4, -0.2) is 31.1 Å². The van der Waals surface area contributed by atoms with Crippen LogP contribution < -0.4 is 14.8 Å². The summed E-state index contributed by atoms with van der Waals surface area (Å²) in [4.78, 5) is 11.9. The number of hydrogen-bond donors (Lipinski definition) is 1. The van der Waals surface area contributed by atoms with Crippen LogP contribution in [0.1, 0.15) is 5.56 Å². The molecule has 27 heavy (non-hydrogen) atoms. The molecular weight excluding hydrogens is 403 g/mol. The molecule has 0 aliphatic carbocycles. The highest BCUT2D eigenvalue weighted by atomic mass is 35.5. The number of hydrogen-bond acceptors (Lipinski definition) is 4. The Kier molecular flexibility index (Phi) is 7.67. The number of halogens is 4. The van der Waals surface area contributed by atoms with Crippen LogP contribution >= 0.6 is 23.4 Å². The molecule has 9 heteroatoms. The van der Waals surface area contributed by atoms with Crippen molar-refractivity contribution in [2.75, 3.05) is 30.5 Å². The second-order valence-electron chi connectivity index (χ2n) is 5.32. The maximum absolute atomic E-state index is 12.7. The van der Waals surface area contributed by atoms with Crippen molar-refractivity contribution in [3.05, 3.63) is 53.1 Å². The maximum atomic E-state index is 12.7. The minimum absolute atomic E-state index is 0.0455. The first-order valence-corrected chi connectivity index (χ1v) is 9.34. The summed E-state index contributed by atoms with van der Waals surface area (Å²) in [7, 11) is 1.57. The Morgan fingerprint density at radius 2 is 1.81 bits per heavy atom. The molecule has 2 aromatic rings. The molecule has 0 aliphatic heterocycles. The second kappa shape index (κ2) is 9.75. The van der Waals surface area contributed by atoms with Crippen LogP contribution in [-0.2, 0) is 11.0 Å². The van der Waals surface area contributed by atoms with Gasteiger partial charge in [-0.05, 0) is 42.5 Å². The molecule has 0 bridgehead atoms. The Morgan fingerprint density at radius 1 is 1.15 bits per heavy atom. The van der Waals surface area contributed by atoms with E-state index < -0.39 is 17.6 Å². The van der Waals surface area contributed by atoms with Crippen molar-refractivity contribution in [2.24, 2.45) is 0 Å². The van der Waals surface area contributed by atoms with E-state index in [0.717, 1.165) is 23.9 Å². The molecule has 0 saturated heterocycles. The SMILES string of the molecule is COc1ccc(OCCSCC(=O)Nc2cc(C(F)(F)F)ccc2Cl)cc1. The molecule has 146 valence electrons. The van der Waals surface area contributed by atoms with E-state index in [-0.39, 0.29) is 16.5 Å². The van der Waals surface area contributed by atoms with Gasteiger partial charge in [0.1, 0.15) is 11.5 Å². The zero-order valence-electron chi connectivity index (χ0n) is 14.3. The van der Waals surface area contributed by atoms with Crippen LogP contribution in [0.15, 0.2) is 42.5 Å². The van der Waals surface area contributed by atoms with Crippen LogP contribution in [0.25, 0.3) is 0 Å². The van der Waals surface area contributed by atoms with E-state index in [1.165, 1.54) is 11.8 Å². The van der Waals surface area contributed by atoms with E-state index in [1.807, 2.05) is 0 Å². The fraction of sp³-hybridized carbons (Fsp3) is 0.278. The number of methoxy groups -OCH3 is 1. The highest BCUT2D eigenvalue weighted by Crippen LogP contribution is 2.33. The Hall–Kier alpha value is -2.06. The van der Waals surface area contributed by atoms with Crippen molar-refractivity contribution in [3.8, 4) is 11.5 Å². The Bertz CT molecular complexity index is 769. The average molecular weight is 420 g/mol. The predicted octanol–water partition coefficient (Wildman–Crippen LogP) is 5.12. The van der Waals surface area contributed by atoms with Crippen molar-refractivity contribution in [2.45, 2.75) is 6.18 Å². The Labute approximate surface area is 164 Å². The number of rotatable bonds is 8. The number of amides is 1. The third-order valence-electron chi connectivity index (χ3n) is 3.36. The van der Waals surface area contributed by atoms with E-state index >= 15 is 0 Å². The summed E-state index contributed by atoms with van der Waals surface area (Å²) in [6.45, 7) is 0.384. The van der Waals surface area contributed by atoms with Gasteiger partial charge in [-0.1, -0.05) is 11.6 Å². The molecule has 0 heterocycles. The lowest BCUT2D eigenvalue weighted by atomic mass is 10.2. The van der Waals surface area contributed by atoms with Gasteiger partial charge in [-0.2, -0.15) is 13.2 Å². The van der Waals surface area contributed by atoms with Crippen molar-refractivity contribution in [1.29, 1.82) is 0 Å². The molecular formula is C18H17ClF3NO3S. The molecule has 0 aromatic heterocycles. The molecule has 0 unspecified atom stereocenters. The normalized spacial score (nSPS) is 11.1. The first-order valence-electron chi connectivity index (χ1n) is 7.81. The summed E-state index contributed by atoms with van der Waals surface area (Å²) in [5, 5.41) is 2.44.